The fraction of sp³-hybridized carbons (Fsp3) is 0.375. The molecule has 0 spiro atoms. The second-order valence-electron chi connectivity index (χ2n) is 2.55. The third-order valence-corrected chi connectivity index (χ3v) is 2.44. The van der Waals surface area contributed by atoms with Gasteiger partial charge in [0, 0.05) is 17.6 Å². The van der Waals surface area contributed by atoms with Crippen LogP contribution in [0.25, 0.3) is 0 Å². The van der Waals surface area contributed by atoms with Gasteiger partial charge < -0.3 is 5.11 Å². The van der Waals surface area contributed by atoms with E-state index >= 15 is 0 Å². The van der Waals surface area contributed by atoms with Gasteiger partial charge in [-0.05, 0) is 5.56 Å². The zero-order chi connectivity index (χ0) is 10.7. The van der Waals surface area contributed by atoms with E-state index in [-0.39, 0.29) is 17.5 Å². The van der Waals surface area contributed by atoms with Crippen LogP contribution in [-0.4, -0.2) is 10.1 Å². The number of aliphatic hydroxyl groups excluding tert-OH is 1. The molecule has 1 rings (SSSR count). The lowest BCUT2D eigenvalue weighted by molar-refractivity contribution is 0.146. The molecule has 0 amide bonds. The Morgan fingerprint density at radius 1 is 1.50 bits per heavy atom. The Labute approximate surface area is 89.5 Å². The number of rotatable bonds is 3. The highest BCUT2D eigenvalue weighted by Gasteiger charge is 2.18. The van der Waals surface area contributed by atoms with Crippen molar-refractivity contribution in [3.05, 3.63) is 28.0 Å². The molecular weight excluding hydrogens is 235 g/mol. The molecule has 2 nitrogen and oxygen atoms in total. The smallest absolute Gasteiger partial charge is 0.281 e. The van der Waals surface area contributed by atoms with Gasteiger partial charge in [0.05, 0.1) is 11.6 Å². The van der Waals surface area contributed by atoms with Gasteiger partial charge in [0.15, 0.2) is 0 Å². The van der Waals surface area contributed by atoms with Gasteiger partial charge in [-0.3, -0.25) is 4.98 Å². The summed E-state index contributed by atoms with van der Waals surface area (Å²) in [7, 11) is 0. The van der Waals surface area contributed by atoms with Crippen molar-refractivity contribution in [3.63, 3.8) is 0 Å². The minimum atomic E-state index is -2.74. The third kappa shape index (κ3) is 2.13. The molecule has 1 aromatic heterocycles. The second-order valence-corrected chi connectivity index (χ2v) is 3.20. The molecule has 0 aliphatic rings. The predicted octanol–water partition coefficient (Wildman–Crippen LogP) is 2.90. The maximum atomic E-state index is 12.3. The Bertz CT molecular complexity index is 333. The number of alkyl halides is 3. The number of nitrogens with zero attached hydrogens (tertiary/aromatic N) is 1. The SMILES string of the molecule is OCc1cnc(C(F)F)c(Cl)c1CCl. The Morgan fingerprint density at radius 2 is 2.14 bits per heavy atom. The van der Waals surface area contributed by atoms with Crippen LogP contribution in [-0.2, 0) is 12.5 Å². The monoisotopic (exact) mass is 241 g/mol. The lowest BCUT2D eigenvalue weighted by atomic mass is 10.1. The van der Waals surface area contributed by atoms with Crippen molar-refractivity contribution in [2.45, 2.75) is 18.9 Å². The van der Waals surface area contributed by atoms with Crippen LogP contribution in [0, 0.1) is 0 Å². The van der Waals surface area contributed by atoms with Crippen molar-refractivity contribution in [3.8, 4) is 0 Å². The minimum absolute atomic E-state index is 0.0308. The molecule has 0 unspecified atom stereocenters. The van der Waals surface area contributed by atoms with Crippen molar-refractivity contribution in [2.75, 3.05) is 0 Å². The Balaban J connectivity index is 3.27. The summed E-state index contributed by atoms with van der Waals surface area (Å²) in [4.78, 5) is 3.46. The standard InChI is InChI=1S/C8H7Cl2F2NO/c9-1-5-4(3-14)2-13-7(6(5)10)8(11)12/h2,8,14H,1,3H2. The number of hydrogen-bond donors (Lipinski definition) is 1. The summed E-state index contributed by atoms with van der Waals surface area (Å²) in [5.41, 5.74) is 0.176. The molecule has 78 valence electrons. The van der Waals surface area contributed by atoms with E-state index in [1.54, 1.807) is 0 Å². The number of hydrogen-bond acceptors (Lipinski definition) is 2. The molecular formula is C8H7Cl2F2NO. The van der Waals surface area contributed by atoms with E-state index in [9.17, 15) is 8.78 Å². The number of pyridine rings is 1. The average molecular weight is 242 g/mol. The summed E-state index contributed by atoms with van der Waals surface area (Å²) < 4.78 is 24.7. The molecule has 0 bridgehead atoms. The van der Waals surface area contributed by atoms with E-state index in [2.05, 4.69) is 4.98 Å². The fourth-order valence-electron chi connectivity index (χ4n) is 1.01. The van der Waals surface area contributed by atoms with E-state index in [0.29, 0.717) is 11.1 Å². The van der Waals surface area contributed by atoms with Crippen molar-refractivity contribution < 1.29 is 13.9 Å². The van der Waals surface area contributed by atoms with Gasteiger partial charge >= 0.3 is 0 Å². The van der Waals surface area contributed by atoms with Crippen LogP contribution in [0.3, 0.4) is 0 Å². The Kier molecular flexibility index (Phi) is 4.04. The topological polar surface area (TPSA) is 33.1 Å². The molecule has 14 heavy (non-hydrogen) atoms. The molecule has 0 radical (unpaired) electrons. The number of aliphatic hydroxyl groups is 1. The van der Waals surface area contributed by atoms with Gasteiger partial charge in [0.1, 0.15) is 5.69 Å². The van der Waals surface area contributed by atoms with Gasteiger partial charge in [-0.1, -0.05) is 11.6 Å². The summed E-state index contributed by atoms with van der Waals surface area (Å²) in [6.07, 6.45) is -1.58. The first-order chi connectivity index (χ1) is 6.61. The summed E-state index contributed by atoms with van der Waals surface area (Å²) in [5.74, 6) is -0.0308. The molecule has 0 fully saturated rings. The van der Waals surface area contributed by atoms with Crippen LogP contribution in [0.4, 0.5) is 8.78 Å². The maximum absolute atomic E-state index is 12.3. The highest BCUT2D eigenvalue weighted by Crippen LogP contribution is 2.30. The van der Waals surface area contributed by atoms with E-state index < -0.39 is 12.1 Å². The molecule has 0 saturated carbocycles. The van der Waals surface area contributed by atoms with E-state index in [1.165, 1.54) is 0 Å². The van der Waals surface area contributed by atoms with Gasteiger partial charge in [0.2, 0.25) is 0 Å². The lowest BCUT2D eigenvalue weighted by Crippen LogP contribution is -2.00. The summed E-state index contributed by atoms with van der Waals surface area (Å²) >= 11 is 11.2. The van der Waals surface area contributed by atoms with E-state index in [4.69, 9.17) is 28.3 Å². The molecule has 1 heterocycles. The van der Waals surface area contributed by atoms with Crippen molar-refractivity contribution >= 4 is 23.2 Å². The maximum Gasteiger partial charge on any atom is 0.281 e. The van der Waals surface area contributed by atoms with Gasteiger partial charge in [0.25, 0.3) is 6.43 Å². The average Bonchev–Trinajstić information content (AvgIpc) is 2.16. The van der Waals surface area contributed by atoms with Crippen LogP contribution >= 0.6 is 23.2 Å². The van der Waals surface area contributed by atoms with Gasteiger partial charge in [-0.2, -0.15) is 0 Å². The first-order valence-corrected chi connectivity index (χ1v) is 4.64. The normalized spacial score (nSPS) is 11.0. The Morgan fingerprint density at radius 3 is 2.57 bits per heavy atom. The zero-order valence-corrected chi connectivity index (χ0v) is 8.49. The first-order valence-electron chi connectivity index (χ1n) is 3.73. The largest absolute Gasteiger partial charge is 0.392 e. The minimum Gasteiger partial charge on any atom is -0.392 e. The summed E-state index contributed by atoms with van der Waals surface area (Å²) in [5, 5.41) is 8.69. The van der Waals surface area contributed by atoms with Gasteiger partial charge in [-0.25, -0.2) is 8.78 Å². The van der Waals surface area contributed by atoms with Crippen LogP contribution in [0.5, 0.6) is 0 Å². The molecule has 1 aromatic rings. The molecule has 0 aliphatic heterocycles. The van der Waals surface area contributed by atoms with Crippen molar-refractivity contribution in [1.82, 2.24) is 4.98 Å². The molecule has 0 atom stereocenters. The van der Waals surface area contributed by atoms with Crippen LogP contribution in [0.2, 0.25) is 5.02 Å². The van der Waals surface area contributed by atoms with Crippen LogP contribution in [0.1, 0.15) is 23.2 Å². The second kappa shape index (κ2) is 4.87. The highest BCUT2D eigenvalue weighted by atomic mass is 35.5. The third-order valence-electron chi connectivity index (χ3n) is 1.75. The number of halogens is 4. The van der Waals surface area contributed by atoms with Crippen molar-refractivity contribution in [1.29, 1.82) is 0 Å². The van der Waals surface area contributed by atoms with Crippen LogP contribution < -0.4 is 0 Å². The Hall–Kier alpha value is -0.450. The predicted molar refractivity (Wildman–Crippen MR) is 49.7 cm³/mol. The lowest BCUT2D eigenvalue weighted by Gasteiger charge is -2.09. The van der Waals surface area contributed by atoms with Gasteiger partial charge in [-0.15, -0.1) is 11.6 Å². The summed E-state index contributed by atoms with van der Waals surface area (Å²) in [6.45, 7) is -0.321. The van der Waals surface area contributed by atoms with Crippen molar-refractivity contribution in [2.24, 2.45) is 0 Å². The highest BCUT2D eigenvalue weighted by molar-refractivity contribution is 6.33. The fourth-order valence-corrected chi connectivity index (χ4v) is 1.70. The zero-order valence-electron chi connectivity index (χ0n) is 6.98. The molecule has 6 heteroatoms. The van der Waals surface area contributed by atoms with E-state index in [0.717, 1.165) is 6.20 Å². The molecule has 0 aromatic carbocycles. The first kappa shape index (κ1) is 11.6. The molecule has 0 aliphatic carbocycles. The number of aromatic nitrogens is 1. The molecule has 0 saturated heterocycles. The summed E-state index contributed by atoms with van der Waals surface area (Å²) in [6, 6.07) is 0. The quantitative estimate of drug-likeness (QED) is 0.826. The van der Waals surface area contributed by atoms with E-state index in [1.807, 2.05) is 0 Å². The molecule has 1 N–H and O–H groups in total. The van der Waals surface area contributed by atoms with Crippen LogP contribution in [0.15, 0.2) is 6.20 Å².